The molecule has 2 rings (SSSR count). The van der Waals surface area contributed by atoms with Crippen molar-refractivity contribution >= 4 is 0 Å². The van der Waals surface area contributed by atoms with Gasteiger partial charge in [-0.3, -0.25) is 4.90 Å². The van der Waals surface area contributed by atoms with Crippen LogP contribution in [0.4, 0.5) is 0 Å². The van der Waals surface area contributed by atoms with E-state index in [1.165, 1.54) is 45.4 Å². The van der Waals surface area contributed by atoms with Gasteiger partial charge in [0.05, 0.1) is 11.2 Å². The van der Waals surface area contributed by atoms with E-state index in [4.69, 9.17) is 4.74 Å². The molecule has 0 aromatic heterocycles. The molecule has 2 heterocycles. The minimum Gasteiger partial charge on any atom is -0.368 e. The van der Waals surface area contributed by atoms with Crippen molar-refractivity contribution in [1.29, 1.82) is 0 Å². The maximum atomic E-state index is 6.31. The van der Waals surface area contributed by atoms with Gasteiger partial charge in [0, 0.05) is 12.6 Å². The van der Waals surface area contributed by atoms with Gasteiger partial charge in [-0.1, -0.05) is 6.92 Å². The van der Waals surface area contributed by atoms with E-state index in [1.54, 1.807) is 0 Å². The number of hydrogen-bond donors (Lipinski definition) is 1. The van der Waals surface area contributed by atoms with E-state index in [0.717, 1.165) is 12.3 Å². The lowest BCUT2D eigenvalue weighted by Crippen LogP contribution is -2.49. The normalized spacial score (nSPS) is 30.0. The van der Waals surface area contributed by atoms with E-state index in [2.05, 4.69) is 44.8 Å². The van der Waals surface area contributed by atoms with Crippen LogP contribution in [0.15, 0.2) is 0 Å². The Morgan fingerprint density at radius 2 is 1.80 bits per heavy atom. The predicted octanol–water partition coefficient (Wildman–Crippen LogP) is 3.04. The van der Waals surface area contributed by atoms with Crippen molar-refractivity contribution in [3.63, 3.8) is 0 Å². The van der Waals surface area contributed by atoms with Crippen LogP contribution in [0.2, 0.25) is 0 Å². The first-order chi connectivity index (χ1) is 9.34. The fourth-order valence-electron chi connectivity index (χ4n) is 4.16. The van der Waals surface area contributed by atoms with Crippen LogP contribution in [-0.4, -0.2) is 48.3 Å². The Morgan fingerprint density at radius 1 is 1.15 bits per heavy atom. The highest BCUT2D eigenvalue weighted by atomic mass is 16.5. The summed E-state index contributed by atoms with van der Waals surface area (Å²) < 4.78 is 6.31. The molecule has 0 aromatic carbocycles. The standard InChI is InChI=1S/C17H34N2O/c1-6-11-19(13-14-7-9-18-10-8-14)15-12-16(2,3)20-17(15,4)5/h14-15,18H,6-13H2,1-5H3. The molecule has 3 heteroatoms. The molecule has 0 radical (unpaired) electrons. The van der Waals surface area contributed by atoms with Crippen molar-refractivity contribution < 1.29 is 4.74 Å². The van der Waals surface area contributed by atoms with E-state index in [-0.39, 0.29) is 11.2 Å². The van der Waals surface area contributed by atoms with Gasteiger partial charge in [0.1, 0.15) is 0 Å². The van der Waals surface area contributed by atoms with Gasteiger partial charge in [0.15, 0.2) is 0 Å². The van der Waals surface area contributed by atoms with Crippen LogP contribution in [0.5, 0.6) is 0 Å². The summed E-state index contributed by atoms with van der Waals surface area (Å²) in [7, 11) is 0. The Kier molecular flexibility index (Phi) is 5.14. The maximum Gasteiger partial charge on any atom is 0.0789 e. The smallest absolute Gasteiger partial charge is 0.0789 e. The molecule has 1 N–H and O–H groups in total. The average Bonchev–Trinajstić information content (AvgIpc) is 2.58. The van der Waals surface area contributed by atoms with Crippen LogP contribution in [0.3, 0.4) is 0 Å². The van der Waals surface area contributed by atoms with Crippen molar-refractivity contribution in [2.45, 2.75) is 77.5 Å². The molecule has 2 fully saturated rings. The van der Waals surface area contributed by atoms with Gasteiger partial charge < -0.3 is 10.1 Å². The van der Waals surface area contributed by atoms with Crippen LogP contribution < -0.4 is 5.32 Å². The quantitative estimate of drug-likeness (QED) is 0.839. The molecular formula is C17H34N2O. The first kappa shape index (κ1) is 16.3. The monoisotopic (exact) mass is 282 g/mol. The summed E-state index contributed by atoms with van der Waals surface area (Å²) in [5.41, 5.74) is -0.000134. The Labute approximate surface area is 125 Å². The molecule has 3 nitrogen and oxygen atoms in total. The number of ether oxygens (including phenoxy) is 1. The average molecular weight is 282 g/mol. The minimum absolute atomic E-state index is 0.0221. The summed E-state index contributed by atoms with van der Waals surface area (Å²) in [5.74, 6) is 0.863. The van der Waals surface area contributed by atoms with Crippen molar-refractivity contribution in [3.8, 4) is 0 Å². The zero-order valence-electron chi connectivity index (χ0n) is 14.2. The Balaban J connectivity index is 2.03. The molecule has 1 atom stereocenters. The SMILES string of the molecule is CCCN(CC1CCNCC1)C1CC(C)(C)OC1(C)C. The molecule has 0 aliphatic carbocycles. The van der Waals surface area contributed by atoms with Gasteiger partial charge in [-0.05, 0) is 78.9 Å². The second kappa shape index (κ2) is 6.33. The Hall–Kier alpha value is -0.120. The molecule has 0 bridgehead atoms. The van der Waals surface area contributed by atoms with Gasteiger partial charge in [-0.2, -0.15) is 0 Å². The molecule has 118 valence electrons. The summed E-state index contributed by atoms with van der Waals surface area (Å²) >= 11 is 0. The molecule has 2 aliphatic heterocycles. The maximum absolute atomic E-state index is 6.31. The van der Waals surface area contributed by atoms with Crippen molar-refractivity contribution in [1.82, 2.24) is 10.2 Å². The molecule has 0 saturated carbocycles. The predicted molar refractivity (Wildman–Crippen MR) is 85.1 cm³/mol. The molecule has 0 spiro atoms. The van der Waals surface area contributed by atoms with Crippen molar-refractivity contribution in [2.75, 3.05) is 26.2 Å². The summed E-state index contributed by atoms with van der Waals surface area (Å²) in [6, 6.07) is 0.562. The van der Waals surface area contributed by atoms with Crippen LogP contribution in [-0.2, 0) is 4.74 Å². The van der Waals surface area contributed by atoms with Crippen LogP contribution in [0.1, 0.15) is 60.3 Å². The lowest BCUT2D eigenvalue weighted by atomic mass is 9.90. The summed E-state index contributed by atoms with van der Waals surface area (Å²) in [4.78, 5) is 2.73. The van der Waals surface area contributed by atoms with Crippen LogP contribution in [0.25, 0.3) is 0 Å². The van der Waals surface area contributed by atoms with Crippen LogP contribution >= 0.6 is 0 Å². The number of nitrogens with zero attached hydrogens (tertiary/aromatic N) is 1. The minimum atomic E-state index is -0.0222. The van der Waals surface area contributed by atoms with E-state index in [9.17, 15) is 0 Å². The third-order valence-electron chi connectivity index (χ3n) is 4.93. The van der Waals surface area contributed by atoms with E-state index in [1.807, 2.05) is 0 Å². The summed E-state index contributed by atoms with van der Waals surface area (Å²) in [5, 5.41) is 3.48. The largest absolute Gasteiger partial charge is 0.368 e. The molecule has 2 aliphatic rings. The highest BCUT2D eigenvalue weighted by Crippen LogP contribution is 2.40. The lowest BCUT2D eigenvalue weighted by Gasteiger charge is -2.39. The first-order valence-corrected chi connectivity index (χ1v) is 8.49. The van der Waals surface area contributed by atoms with Gasteiger partial charge >= 0.3 is 0 Å². The topological polar surface area (TPSA) is 24.5 Å². The van der Waals surface area contributed by atoms with E-state index >= 15 is 0 Å². The molecule has 20 heavy (non-hydrogen) atoms. The van der Waals surface area contributed by atoms with E-state index in [0.29, 0.717) is 6.04 Å². The fourth-order valence-corrected chi connectivity index (χ4v) is 4.16. The van der Waals surface area contributed by atoms with Gasteiger partial charge in [-0.25, -0.2) is 0 Å². The summed E-state index contributed by atoms with van der Waals surface area (Å²) in [6.45, 7) is 16.2. The van der Waals surface area contributed by atoms with Crippen LogP contribution in [0, 0.1) is 5.92 Å². The highest BCUT2D eigenvalue weighted by Gasteiger charge is 2.48. The number of rotatable bonds is 5. The first-order valence-electron chi connectivity index (χ1n) is 8.49. The zero-order valence-corrected chi connectivity index (χ0v) is 14.2. The van der Waals surface area contributed by atoms with E-state index < -0.39 is 0 Å². The summed E-state index contributed by atoms with van der Waals surface area (Å²) in [6.07, 6.45) is 5.05. The third kappa shape index (κ3) is 3.96. The Morgan fingerprint density at radius 3 is 2.30 bits per heavy atom. The fraction of sp³-hybridized carbons (Fsp3) is 1.00. The third-order valence-corrected chi connectivity index (χ3v) is 4.93. The molecule has 2 saturated heterocycles. The molecular weight excluding hydrogens is 248 g/mol. The Bertz CT molecular complexity index is 308. The van der Waals surface area contributed by atoms with Crippen molar-refractivity contribution in [3.05, 3.63) is 0 Å². The second-order valence-electron chi connectivity index (χ2n) is 7.87. The lowest BCUT2D eigenvalue weighted by molar-refractivity contribution is -0.0817. The highest BCUT2D eigenvalue weighted by molar-refractivity contribution is 5.00. The molecule has 0 aromatic rings. The number of nitrogens with one attached hydrogen (secondary N) is 1. The molecule has 1 unspecified atom stereocenters. The second-order valence-corrected chi connectivity index (χ2v) is 7.87. The molecule has 0 amide bonds. The zero-order chi connectivity index (χ0) is 14.8. The van der Waals surface area contributed by atoms with Gasteiger partial charge in [0.25, 0.3) is 0 Å². The van der Waals surface area contributed by atoms with Gasteiger partial charge in [0.2, 0.25) is 0 Å². The number of hydrogen-bond acceptors (Lipinski definition) is 3. The van der Waals surface area contributed by atoms with Gasteiger partial charge in [-0.15, -0.1) is 0 Å². The van der Waals surface area contributed by atoms with Crippen molar-refractivity contribution in [2.24, 2.45) is 5.92 Å². The number of piperidine rings is 1.